The molecule has 0 radical (unpaired) electrons. The van der Waals surface area contributed by atoms with Crippen LogP contribution in [0.1, 0.15) is 44.1 Å². The molecule has 3 nitrogen and oxygen atoms in total. The second-order valence-electron chi connectivity index (χ2n) is 7.04. The van der Waals surface area contributed by atoms with Crippen LogP contribution in [0.3, 0.4) is 0 Å². The summed E-state index contributed by atoms with van der Waals surface area (Å²) < 4.78 is 5.85. The van der Waals surface area contributed by atoms with Gasteiger partial charge in [0.1, 0.15) is 5.75 Å². The average molecular weight is 363 g/mol. The van der Waals surface area contributed by atoms with Crippen LogP contribution in [0.4, 0.5) is 5.69 Å². The van der Waals surface area contributed by atoms with Gasteiger partial charge < -0.3 is 10.1 Å². The zero-order valence-electron chi connectivity index (χ0n) is 16.3. The lowest BCUT2D eigenvalue weighted by Gasteiger charge is -2.10. The summed E-state index contributed by atoms with van der Waals surface area (Å²) in [6, 6.07) is 18.6. The van der Waals surface area contributed by atoms with Crippen LogP contribution in [-0.2, 0) is 0 Å². The smallest absolute Gasteiger partial charge is 0.122 e. The van der Waals surface area contributed by atoms with Crippen LogP contribution in [0, 0.1) is 6.92 Å². The number of unbranched alkanes of at least 4 members (excludes halogenated alkanes) is 5. The molecule has 0 spiro atoms. The molecular weight excluding hydrogens is 332 g/mol. The molecule has 3 aromatic rings. The molecule has 3 heteroatoms. The predicted octanol–water partition coefficient (Wildman–Crippen LogP) is 6.37. The summed E-state index contributed by atoms with van der Waals surface area (Å²) in [7, 11) is 0. The van der Waals surface area contributed by atoms with Crippen molar-refractivity contribution < 1.29 is 4.74 Å². The van der Waals surface area contributed by atoms with Crippen LogP contribution in [-0.4, -0.2) is 18.1 Å². The van der Waals surface area contributed by atoms with Crippen molar-refractivity contribution in [2.75, 3.05) is 18.5 Å². The molecule has 142 valence electrons. The molecule has 1 aromatic heterocycles. The lowest BCUT2D eigenvalue weighted by molar-refractivity contribution is 0.302. The third-order valence-corrected chi connectivity index (χ3v) is 4.89. The quantitative estimate of drug-likeness (QED) is 0.402. The van der Waals surface area contributed by atoms with Crippen LogP contribution < -0.4 is 10.1 Å². The Morgan fingerprint density at radius 1 is 0.815 bits per heavy atom. The number of hydrogen-bond donors (Lipinski definition) is 1. The first-order chi connectivity index (χ1) is 13.3. The maximum absolute atomic E-state index is 5.85. The van der Waals surface area contributed by atoms with E-state index in [-0.39, 0.29) is 0 Å². The maximum Gasteiger partial charge on any atom is 0.122 e. The maximum atomic E-state index is 5.85. The first kappa shape index (κ1) is 19.2. The summed E-state index contributed by atoms with van der Waals surface area (Å²) in [5.41, 5.74) is 3.45. The number of ether oxygens (including phenoxy) is 1. The summed E-state index contributed by atoms with van der Waals surface area (Å²) >= 11 is 0. The van der Waals surface area contributed by atoms with E-state index in [2.05, 4.69) is 47.6 Å². The van der Waals surface area contributed by atoms with Crippen molar-refractivity contribution >= 4 is 16.6 Å². The summed E-state index contributed by atoms with van der Waals surface area (Å²) in [5, 5.41) is 4.76. The fraction of sp³-hybridized carbons (Fsp3) is 0.375. The van der Waals surface area contributed by atoms with Gasteiger partial charge in [-0.25, -0.2) is 0 Å². The Bertz CT molecular complexity index is 826. The molecule has 0 atom stereocenters. The third kappa shape index (κ3) is 5.99. The molecule has 0 bridgehead atoms. The fourth-order valence-electron chi connectivity index (χ4n) is 3.31. The highest BCUT2D eigenvalue weighted by Crippen LogP contribution is 2.21. The Kier molecular flexibility index (Phi) is 7.52. The molecule has 0 saturated heterocycles. The number of para-hydroxylation sites is 2. The van der Waals surface area contributed by atoms with Gasteiger partial charge in [0, 0.05) is 23.8 Å². The van der Waals surface area contributed by atoms with E-state index >= 15 is 0 Å². The zero-order chi connectivity index (χ0) is 18.7. The number of hydrogen-bond acceptors (Lipinski definition) is 3. The lowest BCUT2D eigenvalue weighted by atomic mass is 10.1. The van der Waals surface area contributed by atoms with Crippen molar-refractivity contribution in [2.45, 2.75) is 45.4 Å². The molecule has 0 amide bonds. The fourth-order valence-corrected chi connectivity index (χ4v) is 3.31. The van der Waals surface area contributed by atoms with Crippen LogP contribution in [0.2, 0.25) is 0 Å². The number of aromatic nitrogens is 1. The van der Waals surface area contributed by atoms with E-state index in [4.69, 9.17) is 4.74 Å². The summed E-state index contributed by atoms with van der Waals surface area (Å²) in [6.07, 6.45) is 9.32. The first-order valence-electron chi connectivity index (χ1n) is 10.1. The molecule has 1 N–H and O–H groups in total. The highest BCUT2D eigenvalue weighted by Gasteiger charge is 2.00. The van der Waals surface area contributed by atoms with Crippen molar-refractivity contribution in [3.05, 3.63) is 66.4 Å². The van der Waals surface area contributed by atoms with Crippen molar-refractivity contribution in [1.29, 1.82) is 0 Å². The van der Waals surface area contributed by atoms with E-state index in [1.165, 1.54) is 48.7 Å². The minimum Gasteiger partial charge on any atom is -0.493 e. The van der Waals surface area contributed by atoms with Crippen molar-refractivity contribution in [3.63, 3.8) is 0 Å². The number of pyridine rings is 1. The number of fused-ring (bicyclic) bond motifs is 1. The van der Waals surface area contributed by atoms with E-state index in [9.17, 15) is 0 Å². The van der Waals surface area contributed by atoms with Gasteiger partial charge in [-0.1, -0.05) is 62.1 Å². The van der Waals surface area contributed by atoms with E-state index in [1.807, 2.05) is 30.5 Å². The van der Waals surface area contributed by atoms with E-state index in [1.54, 1.807) is 0 Å². The third-order valence-electron chi connectivity index (χ3n) is 4.89. The number of nitrogens with one attached hydrogen (secondary N) is 1. The second kappa shape index (κ2) is 10.6. The van der Waals surface area contributed by atoms with E-state index < -0.39 is 0 Å². The second-order valence-corrected chi connectivity index (χ2v) is 7.04. The number of rotatable bonds is 11. The van der Waals surface area contributed by atoms with Crippen molar-refractivity contribution in [3.8, 4) is 5.75 Å². The molecular formula is C24H30N2O. The lowest BCUT2D eigenvalue weighted by Crippen LogP contribution is -2.02. The van der Waals surface area contributed by atoms with Crippen LogP contribution in [0.5, 0.6) is 5.75 Å². The predicted molar refractivity (Wildman–Crippen MR) is 115 cm³/mol. The minimum atomic E-state index is 0.821. The highest BCUT2D eigenvalue weighted by atomic mass is 16.5. The number of benzene rings is 2. The Labute approximate surface area is 162 Å². The summed E-state index contributed by atoms with van der Waals surface area (Å²) in [6.45, 7) is 3.93. The number of aryl methyl sites for hydroxylation is 1. The number of anilines is 1. The molecule has 0 aliphatic carbocycles. The average Bonchev–Trinajstić information content (AvgIpc) is 2.71. The van der Waals surface area contributed by atoms with Gasteiger partial charge in [0.2, 0.25) is 0 Å². The van der Waals surface area contributed by atoms with Gasteiger partial charge in [0.05, 0.1) is 12.1 Å². The van der Waals surface area contributed by atoms with Gasteiger partial charge in [-0.2, -0.15) is 0 Å². The minimum absolute atomic E-state index is 0.821. The number of nitrogens with zero attached hydrogens (tertiary/aromatic N) is 1. The Morgan fingerprint density at radius 3 is 2.44 bits per heavy atom. The van der Waals surface area contributed by atoms with Gasteiger partial charge >= 0.3 is 0 Å². The van der Waals surface area contributed by atoms with Gasteiger partial charge in [0.25, 0.3) is 0 Å². The molecule has 2 aromatic carbocycles. The SMILES string of the molecule is Cc1ccccc1OCCCCCCCCNc1ccnc2ccccc12. The molecule has 0 aliphatic rings. The molecule has 1 heterocycles. The van der Waals surface area contributed by atoms with Gasteiger partial charge in [-0.05, 0) is 43.5 Å². The van der Waals surface area contributed by atoms with E-state index in [0.29, 0.717) is 0 Å². The van der Waals surface area contributed by atoms with E-state index in [0.717, 1.165) is 30.8 Å². The van der Waals surface area contributed by atoms with Crippen molar-refractivity contribution in [1.82, 2.24) is 4.98 Å². The topological polar surface area (TPSA) is 34.1 Å². The molecule has 27 heavy (non-hydrogen) atoms. The molecule has 0 saturated carbocycles. The Morgan fingerprint density at radius 2 is 1.56 bits per heavy atom. The molecule has 0 aliphatic heterocycles. The monoisotopic (exact) mass is 362 g/mol. The van der Waals surface area contributed by atoms with Gasteiger partial charge in [-0.15, -0.1) is 0 Å². The Hall–Kier alpha value is -2.55. The standard InChI is InChI=1S/C24H30N2O/c1-20-12-6-9-15-24(20)27-19-11-5-3-2-4-10-17-25-23-16-18-26-22-14-8-7-13-21(22)23/h6-9,12-16,18H,2-5,10-11,17,19H2,1H3,(H,25,26). The van der Waals surface area contributed by atoms with Crippen LogP contribution in [0.25, 0.3) is 10.9 Å². The normalized spacial score (nSPS) is 10.9. The van der Waals surface area contributed by atoms with Crippen molar-refractivity contribution in [2.24, 2.45) is 0 Å². The molecule has 0 unspecified atom stereocenters. The highest BCUT2D eigenvalue weighted by molar-refractivity contribution is 5.90. The Balaban J connectivity index is 1.23. The largest absolute Gasteiger partial charge is 0.493 e. The van der Waals surface area contributed by atoms with Crippen LogP contribution >= 0.6 is 0 Å². The van der Waals surface area contributed by atoms with Gasteiger partial charge in [0.15, 0.2) is 0 Å². The first-order valence-corrected chi connectivity index (χ1v) is 10.1. The summed E-state index contributed by atoms with van der Waals surface area (Å²) in [5.74, 6) is 1.02. The molecule has 0 fully saturated rings. The zero-order valence-corrected chi connectivity index (χ0v) is 16.3. The summed E-state index contributed by atoms with van der Waals surface area (Å²) in [4.78, 5) is 4.41. The molecule has 3 rings (SSSR count). The van der Waals surface area contributed by atoms with Crippen LogP contribution in [0.15, 0.2) is 60.8 Å². The van der Waals surface area contributed by atoms with Gasteiger partial charge in [-0.3, -0.25) is 4.98 Å².